The number of hydrogen-bond donors (Lipinski definition) is 1. The van der Waals surface area contributed by atoms with Gasteiger partial charge in [-0.25, -0.2) is 0 Å². The van der Waals surface area contributed by atoms with Gasteiger partial charge in [-0.1, -0.05) is 54.6 Å². The Bertz CT molecular complexity index is 985. The second kappa shape index (κ2) is 10.8. The molecule has 0 aliphatic carbocycles. The number of benzene rings is 3. The van der Waals surface area contributed by atoms with Crippen LogP contribution in [-0.2, 0) is 20.7 Å². The van der Waals surface area contributed by atoms with E-state index < -0.39 is 5.97 Å². The van der Waals surface area contributed by atoms with Crippen molar-refractivity contribution in [3.05, 3.63) is 95.6 Å². The van der Waals surface area contributed by atoms with E-state index in [0.717, 1.165) is 22.4 Å². The first-order valence-electron chi connectivity index (χ1n) is 9.86. The first-order valence-corrected chi connectivity index (χ1v) is 9.86. The lowest BCUT2D eigenvalue weighted by Crippen LogP contribution is -2.33. The van der Waals surface area contributed by atoms with Gasteiger partial charge in [0.25, 0.3) is 5.91 Å². The molecule has 0 saturated carbocycles. The number of ether oxygens (including phenoxy) is 3. The predicted octanol–water partition coefficient (Wildman–Crippen LogP) is 3.70. The van der Waals surface area contributed by atoms with Crippen molar-refractivity contribution >= 4 is 11.9 Å². The zero-order chi connectivity index (χ0) is 22.1. The fourth-order valence-electron chi connectivity index (χ4n) is 3.11. The molecule has 1 N–H and O–H groups in total. The Morgan fingerprint density at radius 1 is 0.774 bits per heavy atom. The van der Waals surface area contributed by atoms with E-state index in [1.54, 1.807) is 38.5 Å². The summed E-state index contributed by atoms with van der Waals surface area (Å²) >= 11 is 0. The van der Waals surface area contributed by atoms with E-state index in [1.165, 1.54) is 0 Å². The van der Waals surface area contributed by atoms with Gasteiger partial charge in [-0.05, 0) is 41.0 Å². The molecule has 3 aromatic rings. The van der Waals surface area contributed by atoms with E-state index in [4.69, 9.17) is 14.2 Å². The molecule has 0 aliphatic rings. The third-order valence-corrected chi connectivity index (χ3v) is 4.76. The van der Waals surface area contributed by atoms with Crippen LogP contribution in [0.2, 0.25) is 0 Å². The standard InChI is InChI=1S/C25H25NO5/c1-29-21-12-8-18(9-13-21)16-24(28)31-17-23(27)26-25(19-6-4-3-5-7-19)20-10-14-22(30-2)15-11-20/h3-15,25H,16-17H2,1-2H3,(H,26,27)/t25-/m1/s1. The van der Waals surface area contributed by atoms with Crippen molar-refractivity contribution in [2.45, 2.75) is 12.5 Å². The van der Waals surface area contributed by atoms with E-state index >= 15 is 0 Å². The van der Waals surface area contributed by atoms with Gasteiger partial charge in [-0.2, -0.15) is 0 Å². The maximum atomic E-state index is 12.5. The average molecular weight is 419 g/mol. The molecule has 160 valence electrons. The van der Waals surface area contributed by atoms with Crippen LogP contribution in [0.5, 0.6) is 11.5 Å². The Kier molecular flexibility index (Phi) is 7.65. The third-order valence-electron chi connectivity index (χ3n) is 4.76. The highest BCUT2D eigenvalue weighted by Gasteiger charge is 2.18. The summed E-state index contributed by atoms with van der Waals surface area (Å²) < 4.78 is 15.5. The fraction of sp³-hybridized carbons (Fsp3) is 0.200. The molecule has 0 aliphatic heterocycles. The van der Waals surface area contributed by atoms with E-state index in [0.29, 0.717) is 5.75 Å². The minimum atomic E-state index is -0.471. The largest absolute Gasteiger partial charge is 0.497 e. The molecule has 3 aromatic carbocycles. The van der Waals surface area contributed by atoms with Gasteiger partial charge in [0.1, 0.15) is 11.5 Å². The molecule has 0 unspecified atom stereocenters. The lowest BCUT2D eigenvalue weighted by Gasteiger charge is -2.20. The number of rotatable bonds is 9. The molecule has 0 aromatic heterocycles. The van der Waals surface area contributed by atoms with Crippen LogP contribution in [0.1, 0.15) is 22.7 Å². The summed E-state index contributed by atoms with van der Waals surface area (Å²) in [6.07, 6.45) is 0.0812. The molecule has 6 nitrogen and oxygen atoms in total. The van der Waals surface area contributed by atoms with Crippen LogP contribution >= 0.6 is 0 Å². The molecule has 0 spiro atoms. The topological polar surface area (TPSA) is 73.9 Å². The van der Waals surface area contributed by atoms with Crippen molar-refractivity contribution in [1.29, 1.82) is 0 Å². The minimum absolute atomic E-state index is 0.0812. The Balaban J connectivity index is 1.61. The van der Waals surface area contributed by atoms with Crippen LogP contribution in [0.15, 0.2) is 78.9 Å². The number of amides is 1. The van der Waals surface area contributed by atoms with E-state index in [1.807, 2.05) is 54.6 Å². The van der Waals surface area contributed by atoms with Crippen molar-refractivity contribution in [2.24, 2.45) is 0 Å². The van der Waals surface area contributed by atoms with Gasteiger partial charge in [0, 0.05) is 0 Å². The van der Waals surface area contributed by atoms with Crippen LogP contribution < -0.4 is 14.8 Å². The number of carbonyl (C=O) groups excluding carboxylic acids is 2. The second-order valence-electron chi connectivity index (χ2n) is 6.87. The maximum absolute atomic E-state index is 12.5. The van der Waals surface area contributed by atoms with E-state index in [9.17, 15) is 9.59 Å². The lowest BCUT2D eigenvalue weighted by atomic mass is 9.98. The number of esters is 1. The Morgan fingerprint density at radius 2 is 1.32 bits per heavy atom. The Hall–Kier alpha value is -3.80. The summed E-state index contributed by atoms with van der Waals surface area (Å²) in [7, 11) is 3.18. The highest BCUT2D eigenvalue weighted by atomic mass is 16.5. The SMILES string of the molecule is COc1ccc(CC(=O)OCC(=O)N[C@H](c2ccccc2)c2ccc(OC)cc2)cc1. The van der Waals surface area contributed by atoms with Gasteiger partial charge in [-0.15, -0.1) is 0 Å². The summed E-state index contributed by atoms with van der Waals surface area (Å²) in [5.74, 6) is 0.588. The number of carbonyl (C=O) groups is 2. The third kappa shape index (κ3) is 6.34. The Labute approximate surface area is 181 Å². The normalized spacial score (nSPS) is 11.3. The molecule has 0 bridgehead atoms. The number of nitrogens with one attached hydrogen (secondary N) is 1. The van der Waals surface area contributed by atoms with Crippen molar-refractivity contribution < 1.29 is 23.8 Å². The van der Waals surface area contributed by atoms with E-state index in [2.05, 4.69) is 5.32 Å². The molecule has 1 atom stereocenters. The molecule has 0 heterocycles. The van der Waals surface area contributed by atoms with Gasteiger partial charge in [0.05, 0.1) is 26.7 Å². The van der Waals surface area contributed by atoms with Gasteiger partial charge in [0.15, 0.2) is 6.61 Å². The summed E-state index contributed by atoms with van der Waals surface area (Å²) in [5, 5.41) is 2.95. The lowest BCUT2D eigenvalue weighted by molar-refractivity contribution is -0.148. The van der Waals surface area contributed by atoms with Crippen molar-refractivity contribution in [3.63, 3.8) is 0 Å². The fourth-order valence-corrected chi connectivity index (χ4v) is 3.11. The summed E-state index contributed by atoms with van der Waals surface area (Å²) in [5.41, 5.74) is 2.60. The summed E-state index contributed by atoms with van der Waals surface area (Å²) in [6, 6.07) is 23.8. The monoisotopic (exact) mass is 419 g/mol. The molecule has 31 heavy (non-hydrogen) atoms. The van der Waals surface area contributed by atoms with Crippen LogP contribution in [-0.4, -0.2) is 32.7 Å². The molecular weight excluding hydrogens is 394 g/mol. The first-order chi connectivity index (χ1) is 15.1. The minimum Gasteiger partial charge on any atom is -0.497 e. The smallest absolute Gasteiger partial charge is 0.310 e. The van der Waals surface area contributed by atoms with Gasteiger partial charge >= 0.3 is 5.97 Å². The van der Waals surface area contributed by atoms with E-state index in [-0.39, 0.29) is 25.0 Å². The molecule has 3 rings (SSSR count). The van der Waals surface area contributed by atoms with Crippen molar-refractivity contribution in [2.75, 3.05) is 20.8 Å². The van der Waals surface area contributed by atoms with Crippen molar-refractivity contribution in [1.82, 2.24) is 5.32 Å². The molecular formula is C25H25NO5. The highest BCUT2D eigenvalue weighted by Crippen LogP contribution is 2.24. The predicted molar refractivity (Wildman–Crippen MR) is 117 cm³/mol. The Morgan fingerprint density at radius 3 is 1.90 bits per heavy atom. The van der Waals surface area contributed by atoms with Crippen LogP contribution in [0.25, 0.3) is 0 Å². The van der Waals surface area contributed by atoms with Crippen molar-refractivity contribution in [3.8, 4) is 11.5 Å². The maximum Gasteiger partial charge on any atom is 0.310 e. The quantitative estimate of drug-likeness (QED) is 0.536. The molecule has 6 heteroatoms. The summed E-state index contributed by atoms with van der Waals surface area (Å²) in [6.45, 7) is -0.353. The van der Waals surface area contributed by atoms with Crippen LogP contribution in [0.3, 0.4) is 0 Å². The van der Waals surface area contributed by atoms with Crippen LogP contribution in [0, 0.1) is 0 Å². The zero-order valence-electron chi connectivity index (χ0n) is 17.5. The van der Waals surface area contributed by atoms with Gasteiger partial charge in [-0.3, -0.25) is 9.59 Å². The first kappa shape index (κ1) is 21.9. The van der Waals surface area contributed by atoms with Gasteiger partial charge < -0.3 is 19.5 Å². The average Bonchev–Trinajstić information content (AvgIpc) is 2.82. The molecule has 1 amide bonds. The molecule has 0 radical (unpaired) electrons. The van der Waals surface area contributed by atoms with Gasteiger partial charge in [0.2, 0.25) is 0 Å². The molecule has 0 saturated heterocycles. The molecule has 0 fully saturated rings. The number of methoxy groups -OCH3 is 2. The zero-order valence-corrected chi connectivity index (χ0v) is 17.5. The number of hydrogen-bond acceptors (Lipinski definition) is 5. The van der Waals surface area contributed by atoms with Crippen LogP contribution in [0.4, 0.5) is 0 Å². The summed E-state index contributed by atoms with van der Waals surface area (Å²) in [4.78, 5) is 24.7. The highest BCUT2D eigenvalue weighted by molar-refractivity contribution is 5.82. The second-order valence-corrected chi connectivity index (χ2v) is 6.87.